The third-order valence-electron chi connectivity index (χ3n) is 4.44. The Morgan fingerprint density at radius 3 is 2.74 bits per heavy atom. The number of rotatable bonds is 4. The number of hydrogen-bond acceptors (Lipinski definition) is 6. The first kappa shape index (κ1) is 15.8. The van der Waals surface area contributed by atoms with E-state index < -0.39 is 0 Å². The Hall–Kier alpha value is -2.05. The number of nitrogens with one attached hydrogen (secondary N) is 1. The van der Waals surface area contributed by atoms with Gasteiger partial charge in [-0.15, -0.1) is 0 Å². The molecule has 1 aromatic heterocycles. The first-order valence-electron chi connectivity index (χ1n) is 8.52. The molecule has 3 rings (SSSR count). The van der Waals surface area contributed by atoms with Crippen molar-refractivity contribution in [2.45, 2.75) is 38.6 Å². The van der Waals surface area contributed by atoms with Crippen LogP contribution in [-0.2, 0) is 4.74 Å². The highest BCUT2D eigenvalue weighted by Gasteiger charge is 2.23. The van der Waals surface area contributed by atoms with E-state index in [1.807, 2.05) is 13.0 Å². The zero-order valence-electron chi connectivity index (χ0n) is 13.7. The van der Waals surface area contributed by atoms with E-state index in [0.29, 0.717) is 25.7 Å². The molecule has 0 atom stereocenters. The molecule has 0 radical (unpaired) electrons. The van der Waals surface area contributed by atoms with Crippen LogP contribution in [0.25, 0.3) is 0 Å². The Bertz CT molecular complexity index is 525. The summed E-state index contributed by atoms with van der Waals surface area (Å²) >= 11 is 0. The molecule has 1 N–H and O–H groups in total. The van der Waals surface area contributed by atoms with Gasteiger partial charge in [0.1, 0.15) is 5.82 Å². The normalized spacial score (nSPS) is 19.0. The van der Waals surface area contributed by atoms with Crippen LogP contribution in [0.2, 0.25) is 0 Å². The van der Waals surface area contributed by atoms with Gasteiger partial charge in [-0.25, -0.2) is 9.78 Å². The van der Waals surface area contributed by atoms with Gasteiger partial charge in [0.25, 0.3) is 0 Å². The van der Waals surface area contributed by atoms with Crippen molar-refractivity contribution in [3.05, 3.63) is 12.3 Å². The Balaban J connectivity index is 1.56. The average molecular weight is 319 g/mol. The highest BCUT2D eigenvalue weighted by Crippen LogP contribution is 2.22. The molecule has 2 aliphatic rings. The van der Waals surface area contributed by atoms with Crippen molar-refractivity contribution in [3.63, 3.8) is 0 Å². The van der Waals surface area contributed by atoms with Crippen molar-refractivity contribution < 1.29 is 9.53 Å². The van der Waals surface area contributed by atoms with E-state index in [0.717, 1.165) is 24.9 Å². The number of hydrogen-bond donors (Lipinski definition) is 1. The second-order valence-corrected chi connectivity index (χ2v) is 6.04. The number of amides is 1. The van der Waals surface area contributed by atoms with Gasteiger partial charge in [-0.3, -0.25) is 0 Å². The third-order valence-corrected chi connectivity index (χ3v) is 4.44. The quantitative estimate of drug-likeness (QED) is 0.916. The first-order valence-corrected chi connectivity index (χ1v) is 8.52. The maximum Gasteiger partial charge on any atom is 0.409 e. The van der Waals surface area contributed by atoms with E-state index in [2.05, 4.69) is 20.2 Å². The maximum atomic E-state index is 11.7. The summed E-state index contributed by atoms with van der Waals surface area (Å²) in [6.07, 6.45) is 6.60. The lowest BCUT2D eigenvalue weighted by Crippen LogP contribution is -2.49. The summed E-state index contributed by atoms with van der Waals surface area (Å²) in [5.41, 5.74) is 0. The summed E-state index contributed by atoms with van der Waals surface area (Å²) in [6.45, 7) is 4.98. The molecule has 0 aromatic carbocycles. The van der Waals surface area contributed by atoms with Crippen LogP contribution in [0.4, 0.5) is 16.6 Å². The van der Waals surface area contributed by atoms with Gasteiger partial charge in [0, 0.05) is 38.4 Å². The lowest BCUT2D eigenvalue weighted by molar-refractivity contribution is 0.105. The van der Waals surface area contributed by atoms with E-state index in [-0.39, 0.29) is 6.09 Å². The zero-order valence-corrected chi connectivity index (χ0v) is 13.7. The summed E-state index contributed by atoms with van der Waals surface area (Å²) in [5.74, 6) is 1.63. The topological polar surface area (TPSA) is 70.6 Å². The lowest BCUT2D eigenvalue weighted by atomic mass is 10.2. The highest BCUT2D eigenvalue weighted by atomic mass is 16.6. The van der Waals surface area contributed by atoms with E-state index >= 15 is 0 Å². The lowest BCUT2D eigenvalue weighted by Gasteiger charge is -2.34. The van der Waals surface area contributed by atoms with Gasteiger partial charge < -0.3 is 19.9 Å². The minimum absolute atomic E-state index is 0.232. The summed E-state index contributed by atoms with van der Waals surface area (Å²) in [7, 11) is 0. The molecule has 7 heteroatoms. The Morgan fingerprint density at radius 2 is 2.04 bits per heavy atom. The molecule has 2 fully saturated rings. The SMILES string of the molecule is CCOC(=O)N1CCN(c2nccc(NC3CCCC3)n2)CC1. The summed E-state index contributed by atoms with van der Waals surface area (Å²) < 4.78 is 5.04. The zero-order chi connectivity index (χ0) is 16.1. The van der Waals surface area contributed by atoms with Gasteiger partial charge in [-0.2, -0.15) is 4.98 Å². The molecule has 7 nitrogen and oxygen atoms in total. The van der Waals surface area contributed by atoms with Crippen molar-refractivity contribution >= 4 is 17.9 Å². The molecule has 1 amide bonds. The van der Waals surface area contributed by atoms with Crippen LogP contribution in [-0.4, -0.2) is 59.8 Å². The number of anilines is 2. The predicted octanol–water partition coefficient (Wildman–Crippen LogP) is 2.11. The molecule has 0 bridgehead atoms. The van der Waals surface area contributed by atoms with Gasteiger partial charge in [0.2, 0.25) is 5.95 Å². The monoisotopic (exact) mass is 319 g/mol. The molecule has 1 aliphatic heterocycles. The molecule has 1 aliphatic carbocycles. The Morgan fingerprint density at radius 1 is 1.30 bits per heavy atom. The van der Waals surface area contributed by atoms with Gasteiger partial charge in [0.15, 0.2) is 0 Å². The van der Waals surface area contributed by atoms with E-state index in [1.165, 1.54) is 25.7 Å². The number of ether oxygens (including phenoxy) is 1. The second kappa shape index (κ2) is 7.48. The molecule has 1 saturated heterocycles. The number of carbonyl (C=O) groups is 1. The fourth-order valence-corrected chi connectivity index (χ4v) is 3.16. The smallest absolute Gasteiger partial charge is 0.409 e. The van der Waals surface area contributed by atoms with Gasteiger partial charge in [-0.1, -0.05) is 12.8 Å². The minimum Gasteiger partial charge on any atom is -0.450 e. The summed E-state index contributed by atoms with van der Waals surface area (Å²) in [5, 5.41) is 3.50. The molecule has 2 heterocycles. The number of aromatic nitrogens is 2. The van der Waals surface area contributed by atoms with E-state index in [4.69, 9.17) is 4.74 Å². The van der Waals surface area contributed by atoms with E-state index in [9.17, 15) is 4.79 Å². The standard InChI is InChI=1S/C16H25N5O2/c1-2-23-16(22)21-11-9-20(10-12-21)15-17-8-7-14(19-15)18-13-5-3-4-6-13/h7-8,13H,2-6,9-12H2,1H3,(H,17,18,19). The van der Waals surface area contributed by atoms with Crippen LogP contribution >= 0.6 is 0 Å². The average Bonchev–Trinajstić information content (AvgIpc) is 3.08. The van der Waals surface area contributed by atoms with Crippen molar-refractivity contribution in [2.75, 3.05) is 43.0 Å². The molecule has 1 aromatic rings. The number of piperazine rings is 1. The summed E-state index contributed by atoms with van der Waals surface area (Å²) in [4.78, 5) is 24.6. The molecule has 0 spiro atoms. The molecule has 126 valence electrons. The Kier molecular flexibility index (Phi) is 5.15. The van der Waals surface area contributed by atoms with Crippen LogP contribution in [0.15, 0.2) is 12.3 Å². The maximum absolute atomic E-state index is 11.7. The van der Waals surface area contributed by atoms with Crippen molar-refractivity contribution in [1.29, 1.82) is 0 Å². The predicted molar refractivity (Wildman–Crippen MR) is 88.7 cm³/mol. The van der Waals surface area contributed by atoms with Crippen LogP contribution in [0.1, 0.15) is 32.6 Å². The van der Waals surface area contributed by atoms with Crippen LogP contribution in [0.5, 0.6) is 0 Å². The minimum atomic E-state index is -0.232. The highest BCUT2D eigenvalue weighted by molar-refractivity contribution is 5.68. The number of nitrogens with zero attached hydrogens (tertiary/aromatic N) is 4. The van der Waals surface area contributed by atoms with Crippen molar-refractivity contribution in [2.24, 2.45) is 0 Å². The second-order valence-electron chi connectivity index (χ2n) is 6.04. The van der Waals surface area contributed by atoms with Crippen LogP contribution in [0, 0.1) is 0 Å². The van der Waals surface area contributed by atoms with Crippen molar-refractivity contribution in [3.8, 4) is 0 Å². The molecule has 23 heavy (non-hydrogen) atoms. The van der Waals surface area contributed by atoms with E-state index in [1.54, 1.807) is 11.1 Å². The molecular weight excluding hydrogens is 294 g/mol. The van der Waals surface area contributed by atoms with Crippen molar-refractivity contribution in [1.82, 2.24) is 14.9 Å². The molecular formula is C16H25N5O2. The van der Waals surface area contributed by atoms with Crippen LogP contribution < -0.4 is 10.2 Å². The largest absolute Gasteiger partial charge is 0.450 e. The fourth-order valence-electron chi connectivity index (χ4n) is 3.16. The van der Waals surface area contributed by atoms with Gasteiger partial charge in [-0.05, 0) is 25.8 Å². The fraction of sp³-hybridized carbons (Fsp3) is 0.688. The first-order chi connectivity index (χ1) is 11.3. The molecule has 0 unspecified atom stereocenters. The molecule has 1 saturated carbocycles. The van der Waals surface area contributed by atoms with Gasteiger partial charge in [0.05, 0.1) is 6.61 Å². The summed E-state index contributed by atoms with van der Waals surface area (Å²) in [6, 6.07) is 2.47. The Labute approximate surface area is 137 Å². The van der Waals surface area contributed by atoms with Gasteiger partial charge >= 0.3 is 6.09 Å². The third kappa shape index (κ3) is 4.03. The van der Waals surface area contributed by atoms with Crippen LogP contribution in [0.3, 0.4) is 0 Å². The number of carbonyl (C=O) groups excluding carboxylic acids is 1.